The second-order valence-corrected chi connectivity index (χ2v) is 4.88. The molecule has 3 aromatic rings. The van der Waals surface area contributed by atoms with Crippen LogP contribution in [0.5, 0.6) is 0 Å². The number of aryl methyl sites for hydroxylation is 1. The highest BCUT2D eigenvalue weighted by Crippen LogP contribution is 2.26. The third-order valence-electron chi connectivity index (χ3n) is 3.35. The summed E-state index contributed by atoms with van der Waals surface area (Å²) < 4.78 is 6.85. The number of aromatic nitrogens is 4. The third-order valence-corrected chi connectivity index (χ3v) is 3.35. The molecule has 3 aromatic heterocycles. The number of hydrogen-bond acceptors (Lipinski definition) is 5. The quantitative estimate of drug-likeness (QED) is 0.792. The van der Waals surface area contributed by atoms with E-state index in [1.165, 1.54) is 0 Å². The van der Waals surface area contributed by atoms with Crippen LogP contribution in [0.2, 0.25) is 0 Å². The molecule has 21 heavy (non-hydrogen) atoms. The lowest BCUT2D eigenvalue weighted by molar-refractivity contribution is 0.185. The summed E-state index contributed by atoms with van der Waals surface area (Å²) in [5.41, 5.74) is 9.82. The normalized spacial score (nSPS) is 11.1. The van der Waals surface area contributed by atoms with Gasteiger partial charge < -0.3 is 10.5 Å². The Hall–Kier alpha value is -2.47. The van der Waals surface area contributed by atoms with Gasteiger partial charge in [-0.3, -0.25) is 4.98 Å². The number of ether oxygens (including phenoxy) is 1. The lowest BCUT2D eigenvalue weighted by Crippen LogP contribution is -2.06. The molecule has 6 heteroatoms. The van der Waals surface area contributed by atoms with E-state index in [4.69, 9.17) is 10.5 Å². The monoisotopic (exact) mass is 283 g/mol. The smallest absolute Gasteiger partial charge is 0.160 e. The van der Waals surface area contributed by atoms with Crippen molar-refractivity contribution < 1.29 is 4.74 Å². The van der Waals surface area contributed by atoms with Crippen molar-refractivity contribution in [2.75, 3.05) is 19.5 Å². The minimum atomic E-state index is 0.487. The van der Waals surface area contributed by atoms with Gasteiger partial charge in [0, 0.05) is 30.8 Å². The Bertz CT molecular complexity index is 781. The van der Waals surface area contributed by atoms with Gasteiger partial charge >= 0.3 is 0 Å². The molecule has 6 nitrogen and oxygen atoms in total. The van der Waals surface area contributed by atoms with Gasteiger partial charge in [0.25, 0.3) is 0 Å². The number of pyridine rings is 2. The van der Waals surface area contributed by atoms with Crippen LogP contribution in [0.25, 0.3) is 22.2 Å². The molecule has 0 radical (unpaired) electrons. The first-order valence-electron chi connectivity index (χ1n) is 6.73. The van der Waals surface area contributed by atoms with Gasteiger partial charge in [-0.1, -0.05) is 0 Å². The molecule has 0 unspecified atom stereocenters. The molecule has 0 saturated carbocycles. The van der Waals surface area contributed by atoms with E-state index >= 15 is 0 Å². The van der Waals surface area contributed by atoms with E-state index in [9.17, 15) is 0 Å². The number of methoxy groups -OCH3 is 1. The highest BCUT2D eigenvalue weighted by molar-refractivity contribution is 5.89. The zero-order valence-electron chi connectivity index (χ0n) is 12.1. The molecule has 108 valence electrons. The van der Waals surface area contributed by atoms with Gasteiger partial charge in [-0.25, -0.2) is 9.67 Å². The van der Waals surface area contributed by atoms with Crippen LogP contribution < -0.4 is 5.73 Å². The molecular weight excluding hydrogens is 266 g/mol. The molecule has 0 aromatic carbocycles. The molecule has 0 saturated heterocycles. The summed E-state index contributed by atoms with van der Waals surface area (Å²) in [4.78, 5) is 8.71. The predicted molar refractivity (Wildman–Crippen MR) is 81.8 cm³/mol. The first kappa shape index (κ1) is 13.5. The van der Waals surface area contributed by atoms with Crippen LogP contribution in [-0.4, -0.2) is 33.5 Å². The highest BCUT2D eigenvalue weighted by Gasteiger charge is 2.11. The minimum Gasteiger partial charge on any atom is -0.383 e. The number of nitrogen functional groups attached to an aromatic ring is 1. The molecule has 0 amide bonds. The van der Waals surface area contributed by atoms with E-state index < -0.39 is 0 Å². The lowest BCUT2D eigenvalue weighted by atomic mass is 10.1. The molecule has 0 aliphatic heterocycles. The van der Waals surface area contributed by atoms with Crippen LogP contribution in [0.3, 0.4) is 0 Å². The minimum absolute atomic E-state index is 0.487. The van der Waals surface area contributed by atoms with E-state index in [2.05, 4.69) is 15.1 Å². The Kier molecular flexibility index (Phi) is 3.53. The standard InChI is InChI=1S/C15H17N5O/c1-10-7-11(3-4-17-10)12-8-13-14(16)19-20(5-6-21-2)15(13)18-9-12/h3-4,7-9H,5-6H2,1-2H3,(H2,16,19). The number of rotatable bonds is 4. The molecule has 0 fully saturated rings. The number of anilines is 1. The average molecular weight is 283 g/mol. The predicted octanol–water partition coefficient (Wildman–Crippen LogP) is 2.03. The molecule has 3 heterocycles. The fourth-order valence-electron chi connectivity index (χ4n) is 2.30. The summed E-state index contributed by atoms with van der Waals surface area (Å²) in [5, 5.41) is 5.18. The largest absolute Gasteiger partial charge is 0.383 e. The molecule has 0 aliphatic rings. The SMILES string of the molecule is COCCn1nc(N)c2cc(-c3ccnc(C)c3)cnc21. The molecule has 0 atom stereocenters. The second kappa shape index (κ2) is 5.49. The van der Waals surface area contributed by atoms with Crippen molar-refractivity contribution in [3.8, 4) is 11.1 Å². The van der Waals surface area contributed by atoms with Crippen molar-refractivity contribution in [1.29, 1.82) is 0 Å². The number of nitrogens with zero attached hydrogens (tertiary/aromatic N) is 4. The summed E-state index contributed by atoms with van der Waals surface area (Å²) >= 11 is 0. The van der Waals surface area contributed by atoms with Crippen molar-refractivity contribution in [3.63, 3.8) is 0 Å². The van der Waals surface area contributed by atoms with Gasteiger partial charge in [0.05, 0.1) is 18.5 Å². The van der Waals surface area contributed by atoms with Gasteiger partial charge in [0.1, 0.15) is 0 Å². The van der Waals surface area contributed by atoms with Crippen LogP contribution in [-0.2, 0) is 11.3 Å². The van der Waals surface area contributed by atoms with Crippen molar-refractivity contribution in [1.82, 2.24) is 19.7 Å². The summed E-state index contributed by atoms with van der Waals surface area (Å²) in [6, 6.07) is 6.00. The first-order valence-corrected chi connectivity index (χ1v) is 6.73. The zero-order valence-corrected chi connectivity index (χ0v) is 12.1. The van der Waals surface area contributed by atoms with E-state index in [0.717, 1.165) is 27.9 Å². The van der Waals surface area contributed by atoms with E-state index in [1.54, 1.807) is 18.0 Å². The number of fused-ring (bicyclic) bond motifs is 1. The maximum atomic E-state index is 6.00. The summed E-state index contributed by atoms with van der Waals surface area (Å²) in [6.45, 7) is 3.17. The third kappa shape index (κ3) is 2.57. The molecule has 2 N–H and O–H groups in total. The molecule has 3 rings (SSSR count). The summed E-state index contributed by atoms with van der Waals surface area (Å²) in [5.74, 6) is 0.487. The van der Waals surface area contributed by atoms with Crippen LogP contribution >= 0.6 is 0 Å². The van der Waals surface area contributed by atoms with Crippen LogP contribution in [0.1, 0.15) is 5.69 Å². The maximum Gasteiger partial charge on any atom is 0.160 e. The van der Waals surface area contributed by atoms with Crippen molar-refractivity contribution in [2.45, 2.75) is 13.5 Å². The fraction of sp³-hybridized carbons (Fsp3) is 0.267. The topological polar surface area (TPSA) is 78.9 Å². The average Bonchev–Trinajstić information content (AvgIpc) is 2.81. The zero-order chi connectivity index (χ0) is 14.8. The molecule has 0 bridgehead atoms. The van der Waals surface area contributed by atoms with Crippen LogP contribution in [0.15, 0.2) is 30.6 Å². The van der Waals surface area contributed by atoms with Crippen molar-refractivity contribution in [3.05, 3.63) is 36.3 Å². The maximum absolute atomic E-state index is 6.00. The Morgan fingerprint density at radius 1 is 1.24 bits per heavy atom. The van der Waals surface area contributed by atoms with Gasteiger partial charge in [-0.2, -0.15) is 5.10 Å². The van der Waals surface area contributed by atoms with Crippen molar-refractivity contribution >= 4 is 16.9 Å². The summed E-state index contributed by atoms with van der Waals surface area (Å²) in [7, 11) is 1.66. The second-order valence-electron chi connectivity index (χ2n) is 4.88. The van der Waals surface area contributed by atoms with E-state index in [0.29, 0.717) is 19.0 Å². The van der Waals surface area contributed by atoms with Crippen molar-refractivity contribution in [2.24, 2.45) is 0 Å². The van der Waals surface area contributed by atoms with E-state index in [-0.39, 0.29) is 0 Å². The van der Waals surface area contributed by atoms with Crippen LogP contribution in [0.4, 0.5) is 5.82 Å². The van der Waals surface area contributed by atoms with Gasteiger partial charge in [0.2, 0.25) is 0 Å². The Morgan fingerprint density at radius 3 is 2.86 bits per heavy atom. The molecule has 0 aliphatic carbocycles. The Morgan fingerprint density at radius 2 is 2.10 bits per heavy atom. The number of hydrogen-bond donors (Lipinski definition) is 1. The van der Waals surface area contributed by atoms with Gasteiger partial charge in [-0.15, -0.1) is 0 Å². The Balaban J connectivity index is 2.06. The highest BCUT2D eigenvalue weighted by atomic mass is 16.5. The van der Waals surface area contributed by atoms with Crippen LogP contribution in [0, 0.1) is 6.92 Å². The lowest BCUT2D eigenvalue weighted by Gasteiger charge is -2.04. The molecule has 0 spiro atoms. The summed E-state index contributed by atoms with van der Waals surface area (Å²) in [6.07, 6.45) is 3.63. The molecular formula is C15H17N5O. The fourth-order valence-corrected chi connectivity index (χ4v) is 2.30. The van der Waals surface area contributed by atoms with Gasteiger partial charge in [0.15, 0.2) is 11.5 Å². The van der Waals surface area contributed by atoms with E-state index in [1.807, 2.05) is 31.3 Å². The van der Waals surface area contributed by atoms with Gasteiger partial charge in [-0.05, 0) is 30.7 Å². The first-order chi connectivity index (χ1) is 10.2. The Labute approximate surface area is 122 Å². The number of nitrogens with two attached hydrogens (primary N) is 1.